The van der Waals surface area contributed by atoms with Crippen molar-refractivity contribution in [2.24, 2.45) is 0 Å². The zero-order valence-electron chi connectivity index (χ0n) is 14.1. The van der Waals surface area contributed by atoms with Gasteiger partial charge >= 0.3 is 148 Å². The molecule has 0 atom stereocenters. The monoisotopic (exact) mass is 461 g/mol. The van der Waals surface area contributed by atoms with Crippen LogP contribution in [0.1, 0.15) is 27.6 Å². The van der Waals surface area contributed by atoms with Crippen molar-refractivity contribution in [3.63, 3.8) is 0 Å². The van der Waals surface area contributed by atoms with Crippen LogP contribution in [0, 0.1) is 0 Å². The van der Waals surface area contributed by atoms with Gasteiger partial charge in [0.25, 0.3) is 0 Å². The standard InChI is InChI=1S/C13H9.C5H5.C3H7Si.2ClH.Zr/c1-3-7-12-10(5-1)9-11-6-2-4-8-13(11)12;1-2-4-5-3-1;1-2-4-3-1;;;/h1-9H;1-3H,4H2;4H,1-3H2;2*1H;/q;;;;;+2/p-2. The number of halogens is 2. The maximum absolute atomic E-state index is 2.52. The number of allylic oxidation sites excluding steroid dienone is 4. The minimum Gasteiger partial charge on any atom is -1.00 e. The van der Waals surface area contributed by atoms with E-state index in [1.165, 1.54) is 24.0 Å². The van der Waals surface area contributed by atoms with Gasteiger partial charge in [-0.1, -0.05) is 0 Å². The molecule has 2 aliphatic carbocycles. The van der Waals surface area contributed by atoms with Gasteiger partial charge in [-0.2, -0.15) is 0 Å². The summed E-state index contributed by atoms with van der Waals surface area (Å²) >= 11 is -1.59. The van der Waals surface area contributed by atoms with Crippen LogP contribution in [0.4, 0.5) is 0 Å². The zero-order chi connectivity index (χ0) is 15.2. The van der Waals surface area contributed by atoms with E-state index >= 15 is 0 Å². The number of rotatable bonds is 3. The van der Waals surface area contributed by atoms with Gasteiger partial charge in [0, 0.05) is 0 Å². The van der Waals surface area contributed by atoms with Crippen LogP contribution < -0.4 is 24.8 Å². The molecule has 0 bridgehead atoms. The van der Waals surface area contributed by atoms with Gasteiger partial charge < -0.3 is 24.8 Å². The summed E-state index contributed by atoms with van der Waals surface area (Å²) in [6, 6.07) is 21.8. The Morgan fingerprint density at radius 1 is 0.840 bits per heavy atom. The maximum atomic E-state index is 2.52. The van der Waals surface area contributed by atoms with Crippen LogP contribution in [0.15, 0.2) is 70.0 Å². The third kappa shape index (κ3) is 3.21. The summed E-state index contributed by atoms with van der Waals surface area (Å²) in [6.45, 7) is 0. The predicted octanol–water partition coefficient (Wildman–Crippen LogP) is -0.646. The minimum absolute atomic E-state index is 0. The second-order valence-corrected chi connectivity index (χ2v) is 24.5. The fourth-order valence-corrected chi connectivity index (χ4v) is 30.7. The van der Waals surface area contributed by atoms with Crippen molar-refractivity contribution in [3.8, 4) is 11.1 Å². The average Bonchev–Trinajstić information content (AvgIpc) is 3.18. The number of benzene rings is 2. The molecule has 0 spiro atoms. The summed E-state index contributed by atoms with van der Waals surface area (Å²) < 4.78 is 2.73. The van der Waals surface area contributed by atoms with Gasteiger partial charge in [0.15, 0.2) is 0 Å². The molecule has 25 heavy (non-hydrogen) atoms. The maximum Gasteiger partial charge on any atom is -1.00 e. The van der Waals surface area contributed by atoms with Gasteiger partial charge in [-0.25, -0.2) is 0 Å². The molecule has 0 saturated carbocycles. The Hall–Kier alpha value is -0.400. The first-order chi connectivity index (χ1) is 11.4. The van der Waals surface area contributed by atoms with Crippen LogP contribution >= 0.6 is 0 Å². The molecule has 1 saturated heterocycles. The second-order valence-electron chi connectivity index (χ2n) is 7.01. The third-order valence-corrected chi connectivity index (χ3v) is 29.6. The van der Waals surface area contributed by atoms with Crippen LogP contribution in [-0.2, 0) is 20.9 Å². The van der Waals surface area contributed by atoms with Crippen molar-refractivity contribution in [3.05, 3.63) is 81.2 Å². The molecule has 2 aromatic rings. The van der Waals surface area contributed by atoms with E-state index in [0.29, 0.717) is 0 Å². The minimum atomic E-state index is -1.59. The molecule has 4 heteroatoms. The van der Waals surface area contributed by atoms with E-state index < -0.39 is 26.8 Å². The van der Waals surface area contributed by atoms with E-state index in [-0.39, 0.29) is 24.8 Å². The topological polar surface area (TPSA) is 0 Å². The Morgan fingerprint density at radius 2 is 1.44 bits per heavy atom. The molecule has 1 fully saturated rings. The van der Waals surface area contributed by atoms with E-state index in [1.807, 2.05) is 3.28 Å². The number of hydrogen-bond acceptors (Lipinski definition) is 0. The van der Waals surface area contributed by atoms with Gasteiger partial charge in [-0.05, 0) is 0 Å². The third-order valence-electron chi connectivity index (χ3n) is 5.83. The molecule has 0 unspecified atom stereocenters. The summed E-state index contributed by atoms with van der Waals surface area (Å²) in [4.78, 5) is 0. The van der Waals surface area contributed by atoms with E-state index in [2.05, 4.69) is 66.8 Å². The molecule has 0 amide bonds. The Kier molecular flexibility index (Phi) is 6.27. The van der Waals surface area contributed by atoms with Gasteiger partial charge in [-0.3, -0.25) is 0 Å². The Labute approximate surface area is 171 Å². The van der Waals surface area contributed by atoms with E-state index in [4.69, 9.17) is 0 Å². The number of fused-ring (bicyclic) bond motifs is 3. The molecule has 2 aromatic carbocycles. The fraction of sp³-hybridized carbons (Fsp3) is 0.238. The van der Waals surface area contributed by atoms with Gasteiger partial charge in [0.1, 0.15) is 0 Å². The van der Waals surface area contributed by atoms with Crippen LogP contribution in [0.25, 0.3) is 11.1 Å². The molecular formula is C21H21Cl2SiZr. The first-order valence-electron chi connectivity index (χ1n) is 8.84. The molecule has 0 N–H and O–H groups in total. The van der Waals surface area contributed by atoms with Crippen molar-refractivity contribution in [2.75, 3.05) is 0 Å². The molecule has 0 nitrogen and oxygen atoms in total. The fourth-order valence-electron chi connectivity index (χ4n) is 4.55. The van der Waals surface area contributed by atoms with Crippen molar-refractivity contribution in [1.82, 2.24) is 0 Å². The van der Waals surface area contributed by atoms with Crippen LogP contribution in [0.3, 0.4) is 0 Å². The summed E-state index contributed by atoms with van der Waals surface area (Å²) in [5.41, 5.74) is 6.42. The molecule has 5 rings (SSSR count). The smallest absolute Gasteiger partial charge is 1.00 e. The zero-order valence-corrected chi connectivity index (χ0v) is 19.2. The van der Waals surface area contributed by atoms with Crippen molar-refractivity contribution in [1.29, 1.82) is 0 Å². The van der Waals surface area contributed by atoms with Crippen molar-refractivity contribution < 1.29 is 45.7 Å². The molecule has 1 heterocycles. The molecule has 3 aliphatic rings. The summed E-state index contributed by atoms with van der Waals surface area (Å²) in [7, 11) is 0. The van der Waals surface area contributed by atoms with E-state index in [9.17, 15) is 0 Å². The molecular weight excluding hydrogens is 442 g/mol. The van der Waals surface area contributed by atoms with Gasteiger partial charge in [0.05, 0.1) is 0 Å². The summed E-state index contributed by atoms with van der Waals surface area (Å²) in [6.07, 6.45) is 10.0. The van der Waals surface area contributed by atoms with E-state index in [1.54, 1.807) is 23.2 Å². The van der Waals surface area contributed by atoms with Crippen LogP contribution in [0.5, 0.6) is 0 Å². The molecule has 127 valence electrons. The van der Waals surface area contributed by atoms with Crippen LogP contribution in [-0.4, -0.2) is 5.92 Å². The Bertz CT molecular complexity index is 781. The normalized spacial score (nSPS) is 17.7. The largest absolute Gasteiger partial charge is 1.00 e. The first-order valence-corrected chi connectivity index (χ1v) is 18.0. The van der Waals surface area contributed by atoms with Crippen LogP contribution in [0.2, 0.25) is 12.1 Å². The molecule has 0 radical (unpaired) electrons. The SMILES string of the molecule is C1=CC[C]([Zr+2]([CH]2c3ccccc3-c3ccccc32)[SiH]2CCC2)=C1.[Cl-].[Cl-]. The molecule has 0 aromatic heterocycles. The number of hydrogen-bond donors (Lipinski definition) is 0. The molecule has 1 aliphatic heterocycles. The van der Waals surface area contributed by atoms with Gasteiger partial charge in [-0.15, -0.1) is 0 Å². The quantitative estimate of drug-likeness (QED) is 0.531. The van der Waals surface area contributed by atoms with Gasteiger partial charge in [0.2, 0.25) is 0 Å². The van der Waals surface area contributed by atoms with E-state index in [0.717, 1.165) is 3.63 Å². The summed E-state index contributed by atoms with van der Waals surface area (Å²) in [5, 5.41) is 0. The average molecular weight is 464 g/mol. The van der Waals surface area contributed by atoms with Crippen molar-refractivity contribution in [2.45, 2.75) is 28.6 Å². The van der Waals surface area contributed by atoms with Crippen molar-refractivity contribution >= 4 is 5.92 Å². The Morgan fingerprint density at radius 3 is 1.92 bits per heavy atom. The Balaban J connectivity index is 0.000000911. The second kappa shape index (κ2) is 8.09. The first kappa shape index (κ1) is 19.4. The summed E-state index contributed by atoms with van der Waals surface area (Å²) in [5.74, 6) is -0.451. The predicted molar refractivity (Wildman–Crippen MR) is 96.9 cm³/mol.